The number of hydrogen-bond donors (Lipinski definition) is 1. The van der Waals surface area contributed by atoms with E-state index in [9.17, 15) is 9.59 Å². The minimum absolute atomic E-state index is 0.0370. The van der Waals surface area contributed by atoms with Crippen molar-refractivity contribution >= 4 is 23.2 Å². The first-order valence-electron chi connectivity index (χ1n) is 7.58. The van der Waals surface area contributed by atoms with E-state index < -0.39 is 18.2 Å². The first-order valence-corrected chi connectivity index (χ1v) is 8.40. The Kier molecular flexibility index (Phi) is 4.18. The zero-order valence-electron chi connectivity index (χ0n) is 12.7. The van der Waals surface area contributed by atoms with Crippen LogP contribution in [-0.4, -0.2) is 46.1 Å². The highest BCUT2D eigenvalue weighted by molar-refractivity contribution is 7.11. The Bertz CT molecular complexity index is 600. The van der Waals surface area contributed by atoms with Crippen LogP contribution in [0, 0.1) is 6.92 Å². The quantitative estimate of drug-likeness (QED) is 0.919. The fourth-order valence-electron chi connectivity index (χ4n) is 3.27. The molecule has 1 amide bonds. The number of carboxylic acid groups (broad SMARTS) is 1. The summed E-state index contributed by atoms with van der Waals surface area (Å²) in [6, 6.07) is 0.0370. The molecule has 0 aromatic carbocycles. The van der Waals surface area contributed by atoms with Crippen molar-refractivity contribution in [2.45, 2.75) is 57.3 Å². The minimum atomic E-state index is -0.990. The topological polar surface area (TPSA) is 79.7 Å². The molecule has 6 nitrogen and oxygen atoms in total. The van der Waals surface area contributed by atoms with Crippen molar-refractivity contribution in [3.63, 3.8) is 0 Å². The standard InChI is InChI=1S/C15H20N2O4S/c1-8-16-9-4-3-5-10(13(9)22-8)17(2)14(18)11-6-7-12(21-11)15(19)20/h10-12H,3-7H2,1-2H3,(H,19,20)/t10?,11-,12+/m0/s1. The lowest BCUT2D eigenvalue weighted by molar-refractivity contribution is -0.155. The molecule has 1 unspecified atom stereocenters. The molecule has 1 aliphatic carbocycles. The lowest BCUT2D eigenvalue weighted by Crippen LogP contribution is -2.40. The van der Waals surface area contributed by atoms with Gasteiger partial charge in [0.25, 0.3) is 5.91 Å². The number of aromatic nitrogens is 1. The average Bonchev–Trinajstić information content (AvgIpc) is 3.10. The Morgan fingerprint density at radius 2 is 2.05 bits per heavy atom. The molecule has 0 saturated carbocycles. The van der Waals surface area contributed by atoms with Crippen molar-refractivity contribution in [1.29, 1.82) is 0 Å². The summed E-state index contributed by atoms with van der Waals surface area (Å²) in [5.41, 5.74) is 1.11. The van der Waals surface area contributed by atoms with Crippen molar-refractivity contribution in [3.05, 3.63) is 15.6 Å². The Hall–Kier alpha value is -1.47. The van der Waals surface area contributed by atoms with Gasteiger partial charge in [-0.3, -0.25) is 4.79 Å². The Morgan fingerprint density at radius 3 is 2.73 bits per heavy atom. The van der Waals surface area contributed by atoms with Crippen LogP contribution >= 0.6 is 11.3 Å². The van der Waals surface area contributed by atoms with Crippen LogP contribution in [0.25, 0.3) is 0 Å². The normalized spacial score (nSPS) is 27.5. The van der Waals surface area contributed by atoms with Gasteiger partial charge in [0.15, 0.2) is 6.10 Å². The molecule has 0 bridgehead atoms. The fourth-order valence-corrected chi connectivity index (χ4v) is 4.42. The number of nitrogens with zero attached hydrogens (tertiary/aromatic N) is 2. The number of amides is 1. The molecular weight excluding hydrogens is 304 g/mol. The van der Waals surface area contributed by atoms with Crippen LogP contribution in [0.4, 0.5) is 0 Å². The number of ether oxygens (including phenoxy) is 1. The number of carbonyl (C=O) groups is 2. The molecule has 120 valence electrons. The Balaban J connectivity index is 1.73. The molecule has 1 aromatic rings. The third kappa shape index (κ3) is 2.75. The number of likely N-dealkylation sites (N-methyl/N-ethyl adjacent to an activating group) is 1. The van der Waals surface area contributed by atoms with Gasteiger partial charge in [0.1, 0.15) is 6.10 Å². The van der Waals surface area contributed by atoms with Crippen molar-refractivity contribution in [3.8, 4) is 0 Å². The lowest BCUT2D eigenvalue weighted by atomic mass is 9.96. The Morgan fingerprint density at radius 1 is 1.32 bits per heavy atom. The first-order chi connectivity index (χ1) is 10.5. The van der Waals surface area contributed by atoms with Crippen LogP contribution in [-0.2, 0) is 20.7 Å². The van der Waals surface area contributed by atoms with E-state index in [0.717, 1.165) is 30.0 Å². The number of fused-ring (bicyclic) bond motifs is 1. The highest BCUT2D eigenvalue weighted by atomic mass is 32.1. The van der Waals surface area contributed by atoms with E-state index in [2.05, 4.69) is 4.98 Å². The molecule has 22 heavy (non-hydrogen) atoms. The van der Waals surface area contributed by atoms with Gasteiger partial charge in [0, 0.05) is 7.05 Å². The van der Waals surface area contributed by atoms with Gasteiger partial charge in [-0.15, -0.1) is 11.3 Å². The zero-order chi connectivity index (χ0) is 15.9. The maximum absolute atomic E-state index is 12.6. The van der Waals surface area contributed by atoms with Crippen LogP contribution < -0.4 is 0 Å². The molecule has 7 heteroatoms. The van der Waals surface area contributed by atoms with E-state index in [4.69, 9.17) is 9.84 Å². The maximum atomic E-state index is 12.6. The van der Waals surface area contributed by atoms with Crippen LogP contribution in [0.2, 0.25) is 0 Å². The maximum Gasteiger partial charge on any atom is 0.332 e. The summed E-state index contributed by atoms with van der Waals surface area (Å²) in [6.45, 7) is 1.99. The monoisotopic (exact) mass is 324 g/mol. The summed E-state index contributed by atoms with van der Waals surface area (Å²) in [5.74, 6) is -1.11. The molecule has 1 saturated heterocycles. The fraction of sp³-hybridized carbons (Fsp3) is 0.667. The number of aryl methyl sites for hydroxylation is 2. The molecule has 1 aromatic heterocycles. The molecule has 3 rings (SSSR count). The molecule has 2 heterocycles. The van der Waals surface area contributed by atoms with Gasteiger partial charge in [-0.1, -0.05) is 0 Å². The third-order valence-electron chi connectivity index (χ3n) is 4.41. The number of aliphatic carboxylic acids is 1. The second-order valence-electron chi connectivity index (χ2n) is 5.93. The molecular formula is C15H20N2O4S. The van der Waals surface area contributed by atoms with Crippen molar-refractivity contribution in [2.24, 2.45) is 0 Å². The number of hydrogen-bond acceptors (Lipinski definition) is 5. The van der Waals surface area contributed by atoms with Gasteiger partial charge in [0.05, 0.1) is 21.6 Å². The van der Waals surface area contributed by atoms with Gasteiger partial charge in [-0.2, -0.15) is 0 Å². The van der Waals surface area contributed by atoms with Crippen LogP contribution in [0.1, 0.15) is 47.3 Å². The number of carboxylic acids is 1. The van der Waals surface area contributed by atoms with Crippen molar-refractivity contribution < 1.29 is 19.4 Å². The summed E-state index contributed by atoms with van der Waals surface area (Å²) in [5, 5.41) is 10.0. The van der Waals surface area contributed by atoms with Crippen molar-refractivity contribution in [1.82, 2.24) is 9.88 Å². The van der Waals surface area contributed by atoms with E-state index in [-0.39, 0.29) is 11.9 Å². The van der Waals surface area contributed by atoms with E-state index >= 15 is 0 Å². The highest BCUT2D eigenvalue weighted by Crippen LogP contribution is 2.38. The number of carbonyl (C=O) groups excluding carboxylic acids is 1. The lowest BCUT2D eigenvalue weighted by Gasteiger charge is -2.32. The molecule has 0 spiro atoms. The summed E-state index contributed by atoms with van der Waals surface area (Å²) < 4.78 is 5.39. The number of rotatable bonds is 3. The Labute approximate surface area is 133 Å². The number of thiazole rings is 1. The van der Waals surface area contributed by atoms with Gasteiger partial charge in [-0.05, 0) is 39.0 Å². The van der Waals surface area contributed by atoms with Gasteiger partial charge in [-0.25, -0.2) is 9.78 Å². The second kappa shape index (κ2) is 5.96. The molecule has 3 atom stereocenters. The van der Waals surface area contributed by atoms with Gasteiger partial charge in [0.2, 0.25) is 0 Å². The van der Waals surface area contributed by atoms with Crippen LogP contribution in [0.15, 0.2) is 0 Å². The largest absolute Gasteiger partial charge is 0.479 e. The summed E-state index contributed by atoms with van der Waals surface area (Å²) in [4.78, 5) is 31.0. The van der Waals surface area contributed by atoms with E-state index in [1.54, 1.807) is 23.3 Å². The van der Waals surface area contributed by atoms with E-state index in [1.807, 2.05) is 6.92 Å². The van der Waals surface area contributed by atoms with Crippen LogP contribution in [0.5, 0.6) is 0 Å². The molecule has 2 aliphatic rings. The SMILES string of the molecule is Cc1nc2c(s1)C(N(C)C(=O)[C@@H]1CC[C@H](C(=O)O)O1)CCC2. The molecule has 0 radical (unpaired) electrons. The second-order valence-corrected chi connectivity index (χ2v) is 7.16. The smallest absolute Gasteiger partial charge is 0.332 e. The summed E-state index contributed by atoms with van der Waals surface area (Å²) in [7, 11) is 1.79. The predicted octanol–water partition coefficient (Wildman–Crippen LogP) is 1.92. The predicted molar refractivity (Wildman–Crippen MR) is 80.8 cm³/mol. The summed E-state index contributed by atoms with van der Waals surface area (Å²) >= 11 is 1.65. The molecule has 1 aliphatic heterocycles. The third-order valence-corrected chi connectivity index (χ3v) is 5.53. The molecule has 1 N–H and O–H groups in total. The average molecular weight is 324 g/mol. The summed E-state index contributed by atoms with van der Waals surface area (Å²) in [6.07, 6.45) is 2.30. The molecule has 1 fully saturated rings. The van der Waals surface area contributed by atoms with Crippen LogP contribution in [0.3, 0.4) is 0 Å². The first kappa shape index (κ1) is 15.4. The van der Waals surface area contributed by atoms with E-state index in [1.165, 1.54) is 4.88 Å². The minimum Gasteiger partial charge on any atom is -0.479 e. The van der Waals surface area contributed by atoms with Gasteiger partial charge >= 0.3 is 5.97 Å². The van der Waals surface area contributed by atoms with E-state index in [0.29, 0.717) is 12.8 Å². The van der Waals surface area contributed by atoms with Crippen molar-refractivity contribution in [2.75, 3.05) is 7.05 Å². The highest BCUT2D eigenvalue weighted by Gasteiger charge is 2.39. The van der Waals surface area contributed by atoms with Gasteiger partial charge < -0.3 is 14.7 Å². The zero-order valence-corrected chi connectivity index (χ0v) is 13.6.